The molecule has 0 aliphatic rings. The molecule has 7 heteroatoms. The number of halogens is 6. The van der Waals surface area contributed by atoms with Crippen molar-refractivity contribution in [1.82, 2.24) is 0 Å². The van der Waals surface area contributed by atoms with Gasteiger partial charge in [-0.05, 0) is 24.6 Å². The first-order valence-electron chi connectivity index (χ1n) is 4.01. The Morgan fingerprint density at radius 2 is 1.44 bits per heavy atom. The van der Waals surface area contributed by atoms with Crippen molar-refractivity contribution < 1.29 is 31.4 Å². The molecule has 0 amide bonds. The van der Waals surface area contributed by atoms with E-state index in [1.165, 1.54) is 0 Å². The topological polar surface area (TPSA) is 20.2 Å². The van der Waals surface area contributed by atoms with E-state index >= 15 is 0 Å². The molecule has 0 heterocycles. The van der Waals surface area contributed by atoms with Crippen LogP contribution >= 0.6 is 0 Å². The van der Waals surface area contributed by atoms with Crippen LogP contribution in [0.25, 0.3) is 0 Å². The zero-order valence-corrected chi connectivity index (χ0v) is 7.87. The second kappa shape index (κ2) is 3.57. The zero-order valence-electron chi connectivity index (χ0n) is 7.87. The van der Waals surface area contributed by atoms with Crippen LogP contribution < -0.4 is 0 Å². The molecule has 0 aliphatic heterocycles. The molecule has 0 saturated carbocycles. The highest BCUT2D eigenvalue weighted by molar-refractivity contribution is 5.45. The number of phenolic OH excluding ortho intramolecular Hbond substituents is 1. The fourth-order valence-corrected chi connectivity index (χ4v) is 1.16. The van der Waals surface area contributed by atoms with E-state index in [9.17, 15) is 26.3 Å². The predicted molar refractivity (Wildman–Crippen MR) is 42.8 cm³/mol. The minimum atomic E-state index is -5.02. The van der Waals surface area contributed by atoms with Gasteiger partial charge in [-0.15, -0.1) is 0 Å². The number of aromatic hydroxyl groups is 1. The summed E-state index contributed by atoms with van der Waals surface area (Å²) >= 11 is 0. The molecule has 0 spiro atoms. The van der Waals surface area contributed by atoms with Crippen LogP contribution in [0.4, 0.5) is 26.3 Å². The fraction of sp³-hybridized carbons (Fsp3) is 0.333. The summed E-state index contributed by atoms with van der Waals surface area (Å²) < 4.78 is 73.5. The van der Waals surface area contributed by atoms with E-state index in [2.05, 4.69) is 0 Å². The molecule has 1 nitrogen and oxygen atoms in total. The Balaban J connectivity index is 3.46. The normalized spacial score (nSPS) is 12.9. The Labute approximate surface area is 86.3 Å². The van der Waals surface area contributed by atoms with Gasteiger partial charge in [0.25, 0.3) is 0 Å². The van der Waals surface area contributed by atoms with Crippen LogP contribution in [0.2, 0.25) is 0 Å². The number of hydrogen-bond acceptors (Lipinski definition) is 1. The second-order valence-electron chi connectivity index (χ2n) is 3.18. The lowest BCUT2D eigenvalue weighted by Crippen LogP contribution is -2.11. The number of benzene rings is 1. The lowest BCUT2D eigenvalue weighted by molar-refractivity contribution is -0.143. The third kappa shape index (κ3) is 2.40. The van der Waals surface area contributed by atoms with E-state index < -0.39 is 34.8 Å². The molecule has 0 aliphatic carbocycles. The van der Waals surface area contributed by atoms with Gasteiger partial charge < -0.3 is 5.11 Å². The Hall–Kier alpha value is -1.40. The van der Waals surface area contributed by atoms with Gasteiger partial charge >= 0.3 is 12.4 Å². The first kappa shape index (κ1) is 12.7. The van der Waals surface area contributed by atoms with E-state index in [1.807, 2.05) is 0 Å². The number of hydrogen-bond donors (Lipinski definition) is 1. The highest BCUT2D eigenvalue weighted by atomic mass is 19.4. The standard InChI is InChI=1S/C9H6F6O/c1-4-2-5(8(10,11)12)3-6(7(4)16)9(13,14)15/h2-3,16H,1H3. The Kier molecular flexibility index (Phi) is 2.82. The van der Waals surface area contributed by atoms with E-state index in [4.69, 9.17) is 5.11 Å². The van der Waals surface area contributed by atoms with Crippen LogP contribution in [-0.2, 0) is 12.4 Å². The van der Waals surface area contributed by atoms with Crippen molar-refractivity contribution in [2.24, 2.45) is 0 Å². The van der Waals surface area contributed by atoms with Gasteiger partial charge in [0.1, 0.15) is 5.75 Å². The molecular formula is C9H6F6O. The van der Waals surface area contributed by atoms with Gasteiger partial charge in [-0.2, -0.15) is 26.3 Å². The van der Waals surface area contributed by atoms with Crippen molar-refractivity contribution in [3.63, 3.8) is 0 Å². The maximum absolute atomic E-state index is 12.3. The predicted octanol–water partition coefficient (Wildman–Crippen LogP) is 3.74. The highest BCUT2D eigenvalue weighted by Crippen LogP contribution is 2.41. The van der Waals surface area contributed by atoms with Gasteiger partial charge in [-0.25, -0.2) is 0 Å². The van der Waals surface area contributed by atoms with E-state index in [0.29, 0.717) is 6.07 Å². The van der Waals surface area contributed by atoms with Crippen molar-refractivity contribution in [1.29, 1.82) is 0 Å². The molecule has 90 valence electrons. The number of phenols is 1. The van der Waals surface area contributed by atoms with Crippen LogP contribution in [-0.4, -0.2) is 5.11 Å². The first-order valence-corrected chi connectivity index (χ1v) is 4.01. The molecule has 16 heavy (non-hydrogen) atoms. The van der Waals surface area contributed by atoms with Gasteiger partial charge in [-0.3, -0.25) is 0 Å². The highest BCUT2D eigenvalue weighted by Gasteiger charge is 2.39. The van der Waals surface area contributed by atoms with Gasteiger partial charge in [-0.1, -0.05) is 0 Å². The minimum Gasteiger partial charge on any atom is -0.507 e. The van der Waals surface area contributed by atoms with Crippen LogP contribution in [0.1, 0.15) is 16.7 Å². The molecule has 1 rings (SSSR count). The Morgan fingerprint density at radius 3 is 1.81 bits per heavy atom. The molecule has 0 unspecified atom stereocenters. The number of rotatable bonds is 0. The quantitative estimate of drug-likeness (QED) is 0.689. The minimum absolute atomic E-state index is 0.109. The van der Waals surface area contributed by atoms with E-state index in [0.717, 1.165) is 6.92 Å². The van der Waals surface area contributed by atoms with Gasteiger partial charge in [0.05, 0.1) is 11.1 Å². The lowest BCUT2D eigenvalue weighted by atomic mass is 10.0. The van der Waals surface area contributed by atoms with Gasteiger partial charge in [0, 0.05) is 0 Å². The molecule has 1 aromatic carbocycles. The summed E-state index contributed by atoms with van der Waals surface area (Å²) in [6.07, 6.45) is -9.89. The maximum atomic E-state index is 12.3. The molecular weight excluding hydrogens is 238 g/mol. The van der Waals surface area contributed by atoms with Crippen LogP contribution in [0, 0.1) is 6.92 Å². The van der Waals surface area contributed by atoms with Gasteiger partial charge in [0.15, 0.2) is 0 Å². The Bertz CT molecular complexity index is 404. The van der Waals surface area contributed by atoms with Crippen molar-refractivity contribution in [3.05, 3.63) is 28.8 Å². The van der Waals surface area contributed by atoms with Gasteiger partial charge in [0.2, 0.25) is 0 Å². The SMILES string of the molecule is Cc1cc(C(F)(F)F)cc(C(F)(F)F)c1O. The monoisotopic (exact) mass is 244 g/mol. The molecule has 0 aromatic heterocycles. The molecule has 0 atom stereocenters. The van der Waals surface area contributed by atoms with Crippen LogP contribution in [0.5, 0.6) is 5.75 Å². The third-order valence-corrected chi connectivity index (χ3v) is 1.93. The molecule has 1 aromatic rings. The van der Waals surface area contributed by atoms with Crippen molar-refractivity contribution >= 4 is 0 Å². The van der Waals surface area contributed by atoms with Crippen LogP contribution in [0.3, 0.4) is 0 Å². The zero-order chi connectivity index (χ0) is 12.7. The summed E-state index contributed by atoms with van der Waals surface area (Å²) in [7, 11) is 0. The molecule has 0 fully saturated rings. The second-order valence-corrected chi connectivity index (χ2v) is 3.18. The summed E-state index contributed by atoms with van der Waals surface area (Å²) in [5.41, 5.74) is -3.59. The Morgan fingerprint density at radius 1 is 0.938 bits per heavy atom. The van der Waals surface area contributed by atoms with E-state index in [1.54, 1.807) is 0 Å². The summed E-state index contributed by atoms with van der Waals surface area (Å²) in [5.74, 6) is -1.18. The fourth-order valence-electron chi connectivity index (χ4n) is 1.16. The van der Waals surface area contributed by atoms with Crippen molar-refractivity contribution in [2.45, 2.75) is 19.3 Å². The average molecular weight is 244 g/mol. The smallest absolute Gasteiger partial charge is 0.419 e. The lowest BCUT2D eigenvalue weighted by Gasteiger charge is -2.14. The van der Waals surface area contributed by atoms with Crippen LogP contribution in [0.15, 0.2) is 12.1 Å². The number of aryl methyl sites for hydroxylation is 1. The first-order chi connectivity index (χ1) is 7.03. The summed E-state index contributed by atoms with van der Waals surface area (Å²) in [6, 6.07) is 0.354. The summed E-state index contributed by atoms with van der Waals surface area (Å²) in [5, 5.41) is 9.04. The van der Waals surface area contributed by atoms with Crippen molar-refractivity contribution in [3.8, 4) is 5.75 Å². The van der Waals surface area contributed by atoms with Crippen molar-refractivity contribution in [2.75, 3.05) is 0 Å². The summed E-state index contributed by atoms with van der Waals surface area (Å²) in [6.45, 7) is 0.972. The third-order valence-electron chi connectivity index (χ3n) is 1.93. The van der Waals surface area contributed by atoms with E-state index in [-0.39, 0.29) is 6.07 Å². The maximum Gasteiger partial charge on any atom is 0.419 e. The summed E-state index contributed by atoms with van der Waals surface area (Å²) in [4.78, 5) is 0. The molecule has 1 N–H and O–H groups in total. The molecule has 0 bridgehead atoms. The molecule has 0 radical (unpaired) electrons. The number of alkyl halides is 6. The largest absolute Gasteiger partial charge is 0.507 e. The molecule has 0 saturated heterocycles. The average Bonchev–Trinajstić information content (AvgIpc) is 2.05.